The smallest absolute Gasteiger partial charge is 0.244 e. The van der Waals surface area contributed by atoms with Crippen molar-refractivity contribution in [3.63, 3.8) is 0 Å². The van der Waals surface area contributed by atoms with Crippen molar-refractivity contribution in [1.29, 1.82) is 0 Å². The van der Waals surface area contributed by atoms with Gasteiger partial charge in [0, 0.05) is 23.6 Å². The molecule has 106 valence electrons. The van der Waals surface area contributed by atoms with Gasteiger partial charge in [-0.15, -0.1) is 0 Å². The average Bonchev–Trinajstić information content (AvgIpc) is 2.81. The molecule has 0 spiro atoms. The van der Waals surface area contributed by atoms with Gasteiger partial charge in [-0.2, -0.15) is 4.31 Å². The number of halogens is 2. The van der Waals surface area contributed by atoms with Gasteiger partial charge in [0.2, 0.25) is 10.0 Å². The standard InChI is InChI=1S/C12H16BrClN2O2S/c1-15-8-10-3-2-6-16(10)19(17,18)12-7-9(13)4-5-11(12)14/h4-5,7,10,15H,2-3,6,8H2,1H3. The number of hydrogen-bond donors (Lipinski definition) is 1. The van der Waals surface area contributed by atoms with Crippen LogP contribution in [0.25, 0.3) is 0 Å². The van der Waals surface area contributed by atoms with Crippen molar-refractivity contribution < 1.29 is 8.42 Å². The third-order valence-electron chi connectivity index (χ3n) is 3.24. The van der Waals surface area contributed by atoms with Gasteiger partial charge in [0.15, 0.2) is 0 Å². The molecule has 1 heterocycles. The average molecular weight is 368 g/mol. The minimum atomic E-state index is -3.53. The van der Waals surface area contributed by atoms with E-state index < -0.39 is 10.0 Å². The minimum Gasteiger partial charge on any atom is -0.318 e. The summed E-state index contributed by atoms with van der Waals surface area (Å²) in [6, 6.07) is 4.90. The van der Waals surface area contributed by atoms with Crippen LogP contribution in [0, 0.1) is 0 Å². The van der Waals surface area contributed by atoms with Crippen molar-refractivity contribution in [2.24, 2.45) is 0 Å². The van der Waals surface area contributed by atoms with Crippen LogP contribution in [0.1, 0.15) is 12.8 Å². The molecule has 0 saturated carbocycles. The van der Waals surface area contributed by atoms with Crippen molar-refractivity contribution in [3.8, 4) is 0 Å². The van der Waals surface area contributed by atoms with E-state index in [1.54, 1.807) is 22.5 Å². The molecule has 1 atom stereocenters. The Kier molecular flexibility index (Phi) is 4.89. The van der Waals surface area contributed by atoms with Gasteiger partial charge < -0.3 is 5.32 Å². The summed E-state index contributed by atoms with van der Waals surface area (Å²) >= 11 is 9.33. The number of nitrogens with zero attached hydrogens (tertiary/aromatic N) is 1. The Hall–Kier alpha value is -0.140. The second kappa shape index (κ2) is 6.10. The van der Waals surface area contributed by atoms with Crippen LogP contribution in [0.15, 0.2) is 27.6 Å². The first-order chi connectivity index (χ1) is 8.96. The second-order valence-electron chi connectivity index (χ2n) is 4.54. The van der Waals surface area contributed by atoms with Gasteiger partial charge in [-0.05, 0) is 38.1 Å². The topological polar surface area (TPSA) is 49.4 Å². The number of sulfonamides is 1. The molecule has 1 aliphatic rings. The fourth-order valence-electron chi connectivity index (χ4n) is 2.37. The summed E-state index contributed by atoms with van der Waals surface area (Å²) in [6.07, 6.45) is 1.77. The lowest BCUT2D eigenvalue weighted by Gasteiger charge is -2.24. The van der Waals surface area contributed by atoms with Crippen molar-refractivity contribution in [3.05, 3.63) is 27.7 Å². The number of benzene rings is 1. The fraction of sp³-hybridized carbons (Fsp3) is 0.500. The Labute approximate surface area is 127 Å². The maximum Gasteiger partial charge on any atom is 0.244 e. The highest BCUT2D eigenvalue weighted by Crippen LogP contribution is 2.31. The van der Waals surface area contributed by atoms with E-state index in [9.17, 15) is 8.42 Å². The Morgan fingerprint density at radius 1 is 1.53 bits per heavy atom. The normalized spacial score (nSPS) is 20.9. The highest BCUT2D eigenvalue weighted by atomic mass is 79.9. The van der Waals surface area contributed by atoms with E-state index in [4.69, 9.17) is 11.6 Å². The van der Waals surface area contributed by atoms with Crippen LogP contribution in [0.4, 0.5) is 0 Å². The summed E-state index contributed by atoms with van der Waals surface area (Å²) in [5.74, 6) is 0. The van der Waals surface area contributed by atoms with Gasteiger partial charge in [0.25, 0.3) is 0 Å². The molecule has 7 heteroatoms. The summed E-state index contributed by atoms with van der Waals surface area (Å²) in [6.45, 7) is 1.21. The van der Waals surface area contributed by atoms with Crippen LogP contribution in [-0.2, 0) is 10.0 Å². The molecule has 1 aromatic carbocycles. The third-order valence-corrected chi connectivity index (χ3v) is 6.17. The Morgan fingerprint density at radius 3 is 2.95 bits per heavy atom. The SMILES string of the molecule is CNCC1CCCN1S(=O)(=O)c1cc(Br)ccc1Cl. The van der Waals surface area contributed by atoms with Crippen LogP contribution in [-0.4, -0.2) is 38.9 Å². The maximum absolute atomic E-state index is 12.7. The third kappa shape index (κ3) is 3.13. The molecule has 0 amide bonds. The zero-order valence-corrected chi connectivity index (χ0v) is 13.7. The Bertz CT molecular complexity index is 565. The molecule has 1 N–H and O–H groups in total. The summed E-state index contributed by atoms with van der Waals surface area (Å²) in [4.78, 5) is 0.173. The quantitative estimate of drug-likeness (QED) is 0.889. The predicted octanol–water partition coefficient (Wildman–Crippen LogP) is 2.48. The Morgan fingerprint density at radius 2 is 2.26 bits per heavy atom. The van der Waals surface area contributed by atoms with Gasteiger partial charge in [0.1, 0.15) is 4.90 Å². The molecule has 4 nitrogen and oxygen atoms in total. The zero-order chi connectivity index (χ0) is 14.0. The highest BCUT2D eigenvalue weighted by Gasteiger charge is 2.35. The molecule has 19 heavy (non-hydrogen) atoms. The molecule has 1 unspecified atom stereocenters. The number of nitrogens with one attached hydrogen (secondary N) is 1. The second-order valence-corrected chi connectivity index (χ2v) is 7.73. The maximum atomic E-state index is 12.7. The summed E-state index contributed by atoms with van der Waals surface area (Å²) in [5.41, 5.74) is 0. The highest BCUT2D eigenvalue weighted by molar-refractivity contribution is 9.10. The van der Waals surface area contributed by atoms with E-state index in [1.807, 2.05) is 7.05 Å². The number of likely N-dealkylation sites (N-methyl/N-ethyl adjacent to an activating group) is 1. The summed E-state index contributed by atoms with van der Waals surface area (Å²) in [7, 11) is -1.70. The van der Waals surface area contributed by atoms with E-state index >= 15 is 0 Å². The van der Waals surface area contributed by atoms with Gasteiger partial charge in [-0.25, -0.2) is 8.42 Å². The van der Waals surface area contributed by atoms with Crippen LogP contribution in [0.5, 0.6) is 0 Å². The van der Waals surface area contributed by atoms with E-state index in [0.29, 0.717) is 17.6 Å². The molecule has 1 saturated heterocycles. The van der Waals surface area contributed by atoms with E-state index in [0.717, 1.165) is 12.8 Å². The first kappa shape index (κ1) is 15.3. The minimum absolute atomic E-state index is 0.00467. The van der Waals surface area contributed by atoms with Crippen molar-refractivity contribution in [2.75, 3.05) is 20.1 Å². The largest absolute Gasteiger partial charge is 0.318 e. The fourth-order valence-corrected chi connectivity index (χ4v) is 5.07. The monoisotopic (exact) mass is 366 g/mol. The molecule has 0 bridgehead atoms. The predicted molar refractivity (Wildman–Crippen MR) is 80.0 cm³/mol. The number of rotatable bonds is 4. The molecule has 0 radical (unpaired) electrons. The van der Waals surface area contributed by atoms with Gasteiger partial charge >= 0.3 is 0 Å². The lowest BCUT2D eigenvalue weighted by Crippen LogP contribution is -2.40. The molecule has 1 fully saturated rings. The van der Waals surface area contributed by atoms with E-state index in [2.05, 4.69) is 21.2 Å². The van der Waals surface area contributed by atoms with Crippen LogP contribution in [0.3, 0.4) is 0 Å². The molecule has 2 rings (SSSR count). The Balaban J connectivity index is 2.39. The van der Waals surface area contributed by atoms with E-state index in [1.165, 1.54) is 0 Å². The first-order valence-corrected chi connectivity index (χ1v) is 8.69. The summed E-state index contributed by atoms with van der Waals surface area (Å²) in [5, 5.41) is 3.30. The molecular weight excluding hydrogens is 352 g/mol. The molecule has 1 aliphatic heterocycles. The van der Waals surface area contributed by atoms with Crippen LogP contribution in [0.2, 0.25) is 5.02 Å². The lowest BCUT2D eigenvalue weighted by molar-refractivity contribution is 0.379. The van der Waals surface area contributed by atoms with Gasteiger partial charge in [0.05, 0.1) is 5.02 Å². The molecule has 1 aromatic rings. The van der Waals surface area contributed by atoms with Gasteiger partial charge in [-0.3, -0.25) is 0 Å². The van der Waals surface area contributed by atoms with Crippen LogP contribution >= 0.6 is 27.5 Å². The zero-order valence-electron chi connectivity index (χ0n) is 10.6. The lowest BCUT2D eigenvalue weighted by atomic mass is 10.2. The van der Waals surface area contributed by atoms with Crippen molar-refractivity contribution in [1.82, 2.24) is 9.62 Å². The van der Waals surface area contributed by atoms with Crippen molar-refractivity contribution in [2.45, 2.75) is 23.8 Å². The van der Waals surface area contributed by atoms with Crippen LogP contribution < -0.4 is 5.32 Å². The van der Waals surface area contributed by atoms with E-state index in [-0.39, 0.29) is 16.0 Å². The number of hydrogen-bond acceptors (Lipinski definition) is 3. The van der Waals surface area contributed by atoms with Crippen molar-refractivity contribution >= 4 is 37.6 Å². The molecule has 0 aromatic heterocycles. The van der Waals surface area contributed by atoms with Gasteiger partial charge in [-0.1, -0.05) is 27.5 Å². The first-order valence-electron chi connectivity index (χ1n) is 6.08. The molecule has 0 aliphatic carbocycles. The molecular formula is C12H16BrClN2O2S. The summed E-state index contributed by atoms with van der Waals surface area (Å²) < 4.78 is 27.6.